The van der Waals surface area contributed by atoms with Crippen LogP contribution in [-0.2, 0) is 0 Å². The van der Waals surface area contributed by atoms with Crippen molar-refractivity contribution in [2.45, 2.75) is 27.7 Å². The maximum atomic E-state index is 12.0. The third kappa shape index (κ3) is 2.82. The van der Waals surface area contributed by atoms with Gasteiger partial charge in [0.15, 0.2) is 5.78 Å². The molecule has 1 aromatic rings. The van der Waals surface area contributed by atoms with Crippen LogP contribution < -0.4 is 0 Å². The van der Waals surface area contributed by atoms with Gasteiger partial charge in [0.25, 0.3) is 0 Å². The number of hydrogen-bond acceptors (Lipinski definition) is 1. The highest BCUT2D eigenvalue weighted by Crippen LogP contribution is 2.21. The van der Waals surface area contributed by atoms with E-state index in [4.69, 9.17) is 11.6 Å². The lowest BCUT2D eigenvalue weighted by molar-refractivity contribution is 0.0899. The third-order valence-electron chi connectivity index (χ3n) is 2.86. The van der Waals surface area contributed by atoms with Crippen LogP contribution in [0.2, 0.25) is 5.02 Å². The van der Waals surface area contributed by atoms with Gasteiger partial charge in [0.1, 0.15) is 0 Å². The quantitative estimate of drug-likeness (QED) is 0.706. The van der Waals surface area contributed by atoms with Crippen LogP contribution >= 0.6 is 11.6 Å². The lowest BCUT2D eigenvalue weighted by atomic mass is 9.89. The first-order valence-electron chi connectivity index (χ1n) is 5.24. The highest BCUT2D eigenvalue weighted by molar-refractivity contribution is 6.31. The van der Waals surface area contributed by atoms with Crippen LogP contribution in [0.25, 0.3) is 0 Å². The van der Waals surface area contributed by atoms with Crippen LogP contribution in [0.15, 0.2) is 18.2 Å². The summed E-state index contributed by atoms with van der Waals surface area (Å²) in [6.45, 7) is 8.01. The van der Waals surface area contributed by atoms with Crippen LogP contribution in [0.5, 0.6) is 0 Å². The van der Waals surface area contributed by atoms with E-state index in [0.717, 1.165) is 11.1 Å². The van der Waals surface area contributed by atoms with E-state index in [0.29, 0.717) is 10.9 Å². The molecule has 0 N–H and O–H groups in total. The van der Waals surface area contributed by atoms with Gasteiger partial charge in [-0.05, 0) is 36.6 Å². The van der Waals surface area contributed by atoms with Gasteiger partial charge in [-0.15, -0.1) is 0 Å². The molecule has 1 atom stereocenters. The molecule has 1 aromatic carbocycles. The van der Waals surface area contributed by atoms with E-state index in [-0.39, 0.29) is 11.7 Å². The Bertz CT molecular complexity index is 369. The van der Waals surface area contributed by atoms with Gasteiger partial charge in [0.05, 0.1) is 0 Å². The Morgan fingerprint density at radius 3 is 2.33 bits per heavy atom. The summed E-state index contributed by atoms with van der Waals surface area (Å²) in [6.07, 6.45) is 0. The minimum absolute atomic E-state index is 0.0607. The molecular formula is C13H17ClO. The first kappa shape index (κ1) is 12.3. The predicted molar refractivity (Wildman–Crippen MR) is 64.5 cm³/mol. The maximum Gasteiger partial charge on any atom is 0.165 e. The predicted octanol–water partition coefficient (Wildman–Crippen LogP) is 4.12. The van der Waals surface area contributed by atoms with Crippen molar-refractivity contribution in [1.29, 1.82) is 0 Å². The summed E-state index contributed by atoms with van der Waals surface area (Å²) >= 11 is 5.92. The van der Waals surface area contributed by atoms with E-state index in [9.17, 15) is 4.79 Å². The zero-order chi connectivity index (χ0) is 11.6. The van der Waals surface area contributed by atoms with Crippen molar-refractivity contribution < 1.29 is 4.79 Å². The molecule has 0 saturated carbocycles. The fourth-order valence-corrected chi connectivity index (χ4v) is 1.48. The Kier molecular flexibility index (Phi) is 3.92. The Balaban J connectivity index is 2.97. The average molecular weight is 225 g/mol. The minimum atomic E-state index is 0.0607. The van der Waals surface area contributed by atoms with Crippen molar-refractivity contribution in [3.63, 3.8) is 0 Å². The van der Waals surface area contributed by atoms with Gasteiger partial charge in [-0.25, -0.2) is 0 Å². The topological polar surface area (TPSA) is 17.1 Å². The SMILES string of the molecule is Cc1cc(C(=O)C(C)C(C)C)ccc1Cl. The van der Waals surface area contributed by atoms with Crippen molar-refractivity contribution in [2.24, 2.45) is 11.8 Å². The van der Waals surface area contributed by atoms with Crippen LogP contribution in [-0.4, -0.2) is 5.78 Å². The van der Waals surface area contributed by atoms with Gasteiger partial charge in [-0.3, -0.25) is 4.79 Å². The van der Waals surface area contributed by atoms with Crippen molar-refractivity contribution in [3.8, 4) is 0 Å². The molecule has 0 aliphatic carbocycles. The second kappa shape index (κ2) is 4.80. The number of ketones is 1. The number of Topliss-reactive ketones (excluding diaryl/α,β-unsaturated/α-hetero) is 1. The largest absolute Gasteiger partial charge is 0.294 e. The van der Waals surface area contributed by atoms with Gasteiger partial charge in [0.2, 0.25) is 0 Å². The molecule has 0 radical (unpaired) electrons. The maximum absolute atomic E-state index is 12.0. The molecule has 0 aliphatic rings. The summed E-state index contributed by atoms with van der Waals surface area (Å²) in [5.41, 5.74) is 1.72. The molecule has 82 valence electrons. The summed E-state index contributed by atoms with van der Waals surface area (Å²) < 4.78 is 0. The molecule has 0 fully saturated rings. The van der Waals surface area contributed by atoms with E-state index >= 15 is 0 Å². The molecular weight excluding hydrogens is 208 g/mol. The molecule has 1 rings (SSSR count). The lowest BCUT2D eigenvalue weighted by Crippen LogP contribution is -2.17. The molecule has 0 aromatic heterocycles. The molecule has 0 saturated heterocycles. The number of hydrogen-bond donors (Lipinski definition) is 0. The summed E-state index contributed by atoms with van der Waals surface area (Å²) in [5, 5.41) is 0.712. The van der Waals surface area contributed by atoms with E-state index in [1.165, 1.54) is 0 Å². The third-order valence-corrected chi connectivity index (χ3v) is 3.28. The highest BCUT2D eigenvalue weighted by atomic mass is 35.5. The normalized spacial score (nSPS) is 12.9. The van der Waals surface area contributed by atoms with Crippen LogP contribution in [0.3, 0.4) is 0 Å². The van der Waals surface area contributed by atoms with Gasteiger partial charge in [0, 0.05) is 16.5 Å². The molecule has 0 amide bonds. The molecule has 0 bridgehead atoms. The van der Waals surface area contributed by atoms with E-state index in [2.05, 4.69) is 13.8 Å². The second-order valence-electron chi connectivity index (χ2n) is 4.36. The Hall–Kier alpha value is -0.820. The molecule has 1 unspecified atom stereocenters. The van der Waals surface area contributed by atoms with Crippen molar-refractivity contribution in [2.75, 3.05) is 0 Å². The zero-order valence-electron chi connectivity index (χ0n) is 9.67. The van der Waals surface area contributed by atoms with Crippen LogP contribution in [0.1, 0.15) is 36.7 Å². The number of rotatable bonds is 3. The summed E-state index contributed by atoms with van der Waals surface area (Å²) in [5.74, 6) is 0.629. The molecule has 0 aliphatic heterocycles. The van der Waals surface area contributed by atoms with Crippen LogP contribution in [0, 0.1) is 18.8 Å². The van der Waals surface area contributed by atoms with Gasteiger partial charge in [-0.1, -0.05) is 32.4 Å². The Morgan fingerprint density at radius 2 is 1.87 bits per heavy atom. The highest BCUT2D eigenvalue weighted by Gasteiger charge is 2.18. The monoisotopic (exact) mass is 224 g/mol. The first-order chi connectivity index (χ1) is 6.93. The van der Waals surface area contributed by atoms with Crippen molar-refractivity contribution >= 4 is 17.4 Å². The Labute approximate surface area is 96.5 Å². The standard InChI is InChI=1S/C13H17ClO/c1-8(2)10(4)13(15)11-5-6-12(14)9(3)7-11/h5-8,10H,1-4H3. The molecule has 2 heteroatoms. The number of halogens is 1. The van der Waals surface area contributed by atoms with E-state index in [1.54, 1.807) is 12.1 Å². The minimum Gasteiger partial charge on any atom is -0.294 e. The summed E-state index contributed by atoms with van der Waals surface area (Å²) in [7, 11) is 0. The molecule has 15 heavy (non-hydrogen) atoms. The first-order valence-corrected chi connectivity index (χ1v) is 5.61. The fourth-order valence-electron chi connectivity index (χ4n) is 1.36. The lowest BCUT2D eigenvalue weighted by Gasteiger charge is -2.14. The van der Waals surface area contributed by atoms with Crippen molar-refractivity contribution in [3.05, 3.63) is 34.3 Å². The number of carbonyl (C=O) groups excluding carboxylic acids is 1. The molecule has 0 heterocycles. The summed E-state index contributed by atoms with van der Waals surface area (Å²) in [4.78, 5) is 12.0. The zero-order valence-corrected chi connectivity index (χ0v) is 10.4. The molecule has 0 spiro atoms. The van der Waals surface area contributed by atoms with E-state index in [1.807, 2.05) is 19.9 Å². The van der Waals surface area contributed by atoms with E-state index < -0.39 is 0 Å². The summed E-state index contributed by atoms with van der Waals surface area (Å²) in [6, 6.07) is 5.46. The Morgan fingerprint density at radius 1 is 1.27 bits per heavy atom. The van der Waals surface area contributed by atoms with Gasteiger partial charge < -0.3 is 0 Å². The van der Waals surface area contributed by atoms with Crippen LogP contribution in [0.4, 0.5) is 0 Å². The smallest absolute Gasteiger partial charge is 0.165 e. The number of aryl methyl sites for hydroxylation is 1. The van der Waals surface area contributed by atoms with Gasteiger partial charge >= 0.3 is 0 Å². The average Bonchev–Trinajstić information content (AvgIpc) is 2.19. The second-order valence-corrected chi connectivity index (χ2v) is 4.77. The van der Waals surface area contributed by atoms with Gasteiger partial charge in [-0.2, -0.15) is 0 Å². The number of carbonyl (C=O) groups is 1. The van der Waals surface area contributed by atoms with Crippen molar-refractivity contribution in [1.82, 2.24) is 0 Å². The number of benzene rings is 1. The fraction of sp³-hybridized carbons (Fsp3) is 0.462. The molecule has 1 nitrogen and oxygen atoms in total.